The molecule has 140 valence electrons. The van der Waals surface area contributed by atoms with Gasteiger partial charge in [0, 0.05) is 6.20 Å². The van der Waals surface area contributed by atoms with Crippen LogP contribution in [0.3, 0.4) is 0 Å². The quantitative estimate of drug-likeness (QED) is 0.658. The van der Waals surface area contributed by atoms with E-state index in [1.54, 1.807) is 31.2 Å². The van der Waals surface area contributed by atoms with Gasteiger partial charge in [-0.3, -0.25) is 0 Å². The molecule has 2 aliphatic heterocycles. The number of nitrogens with zero attached hydrogens (tertiary/aromatic N) is 5. The summed E-state index contributed by atoms with van der Waals surface area (Å²) in [6.07, 6.45) is 5.82. The third-order valence-electron chi connectivity index (χ3n) is 4.49. The van der Waals surface area contributed by atoms with E-state index >= 15 is 0 Å². The van der Waals surface area contributed by atoms with Crippen molar-refractivity contribution in [2.24, 2.45) is 10.8 Å². The minimum atomic E-state index is -2.58. The molecule has 0 radical (unpaired) electrons. The van der Waals surface area contributed by atoms with E-state index in [9.17, 15) is 30.6 Å². The van der Waals surface area contributed by atoms with E-state index in [1.165, 1.54) is 36.3 Å². The number of carbonyl (C=O) groups is 2. The fourth-order valence-corrected chi connectivity index (χ4v) is 3.29. The molecule has 0 saturated heterocycles. The molecular weight excluding hydrogens is 362 g/mol. The normalized spacial score (nSPS) is 20.6. The molecule has 9 nitrogen and oxygen atoms in total. The zero-order valence-corrected chi connectivity index (χ0v) is 15.2. The van der Waals surface area contributed by atoms with E-state index in [0.717, 1.165) is 0 Å². The molecule has 9 heteroatoms. The highest BCUT2D eigenvalue weighted by Crippen LogP contribution is 2.54. The number of ether oxygens (including phenoxy) is 2. The van der Waals surface area contributed by atoms with Gasteiger partial charge in [0.05, 0.1) is 43.5 Å². The highest BCUT2D eigenvalue weighted by molar-refractivity contribution is 6.03. The van der Waals surface area contributed by atoms with Crippen molar-refractivity contribution >= 4 is 11.9 Å². The molecule has 0 fully saturated rings. The second-order valence-corrected chi connectivity index (χ2v) is 5.75. The number of hydrogen-bond acceptors (Lipinski definition) is 9. The summed E-state index contributed by atoms with van der Waals surface area (Å²) in [5.74, 6) is -2.13. The number of nitriles is 4. The number of rotatable bonds is 4. The lowest BCUT2D eigenvalue weighted by Crippen LogP contribution is -2.60. The van der Waals surface area contributed by atoms with Crippen LogP contribution in [0.1, 0.15) is 13.8 Å². The van der Waals surface area contributed by atoms with Crippen molar-refractivity contribution in [3.05, 3.63) is 35.7 Å². The smallest absolute Gasteiger partial charge is 0.355 e. The average Bonchev–Trinajstić information content (AvgIpc) is 2.72. The first kappa shape index (κ1) is 20.2. The van der Waals surface area contributed by atoms with Gasteiger partial charge in [-0.1, -0.05) is 12.2 Å². The van der Waals surface area contributed by atoms with E-state index in [0.29, 0.717) is 0 Å². The third kappa shape index (κ3) is 2.50. The minimum absolute atomic E-state index is 0.0375. The van der Waals surface area contributed by atoms with Gasteiger partial charge in [0.15, 0.2) is 0 Å². The zero-order valence-electron chi connectivity index (χ0n) is 15.2. The highest BCUT2D eigenvalue weighted by Gasteiger charge is 2.69. The summed E-state index contributed by atoms with van der Waals surface area (Å²) in [5.41, 5.74) is -5.98. The highest BCUT2D eigenvalue weighted by atomic mass is 16.5. The summed E-state index contributed by atoms with van der Waals surface area (Å²) in [7, 11) is 0. The topological polar surface area (TPSA) is 151 Å². The van der Waals surface area contributed by atoms with Crippen molar-refractivity contribution in [2.75, 3.05) is 13.2 Å². The van der Waals surface area contributed by atoms with Crippen LogP contribution in [-0.2, 0) is 19.1 Å². The van der Waals surface area contributed by atoms with E-state index in [-0.39, 0.29) is 13.2 Å². The van der Waals surface area contributed by atoms with E-state index in [2.05, 4.69) is 0 Å². The predicted octanol–water partition coefficient (Wildman–Crippen LogP) is 1.20. The van der Waals surface area contributed by atoms with Gasteiger partial charge in [-0.05, 0) is 19.9 Å². The first-order valence-electron chi connectivity index (χ1n) is 8.31. The molecule has 2 rings (SSSR count). The Hall–Kier alpha value is -4.08. The second-order valence-electron chi connectivity index (χ2n) is 5.75. The summed E-state index contributed by atoms with van der Waals surface area (Å²) in [4.78, 5) is 26.7. The predicted molar refractivity (Wildman–Crippen MR) is 91.5 cm³/mol. The van der Waals surface area contributed by atoms with Crippen molar-refractivity contribution in [1.29, 1.82) is 21.0 Å². The zero-order chi connectivity index (χ0) is 20.9. The fraction of sp³-hybridized carbons (Fsp3) is 0.368. The van der Waals surface area contributed by atoms with Gasteiger partial charge in [0.25, 0.3) is 0 Å². The number of carbonyl (C=O) groups excluding carboxylic acids is 2. The van der Waals surface area contributed by atoms with Crippen molar-refractivity contribution in [1.82, 2.24) is 4.90 Å². The molecule has 0 saturated carbocycles. The maximum atomic E-state index is 12.8. The largest absolute Gasteiger partial charge is 0.462 e. The molecule has 0 aromatic rings. The van der Waals surface area contributed by atoms with Gasteiger partial charge >= 0.3 is 11.9 Å². The third-order valence-corrected chi connectivity index (χ3v) is 4.49. The van der Waals surface area contributed by atoms with Gasteiger partial charge in [-0.25, -0.2) is 9.59 Å². The Morgan fingerprint density at radius 1 is 1.00 bits per heavy atom. The summed E-state index contributed by atoms with van der Waals surface area (Å²) >= 11 is 0. The van der Waals surface area contributed by atoms with Gasteiger partial charge in [-0.15, -0.1) is 0 Å². The molecular formula is C19H15N5O4. The summed E-state index contributed by atoms with van der Waals surface area (Å²) in [6, 6.07) is 5.63. The summed E-state index contributed by atoms with van der Waals surface area (Å²) < 4.78 is 9.98. The first-order valence-corrected chi connectivity index (χ1v) is 8.31. The van der Waals surface area contributed by atoms with Crippen LogP contribution in [0.15, 0.2) is 35.7 Å². The van der Waals surface area contributed by atoms with Crippen molar-refractivity contribution in [3.63, 3.8) is 0 Å². The Bertz CT molecular complexity index is 936. The number of allylic oxidation sites excluding steroid dienone is 2. The average molecular weight is 377 g/mol. The molecule has 2 aliphatic rings. The molecule has 0 aromatic heterocycles. The lowest BCUT2D eigenvalue weighted by molar-refractivity contribution is -0.145. The molecule has 0 spiro atoms. The number of esters is 2. The number of fused-ring (bicyclic) bond motifs is 1. The minimum Gasteiger partial charge on any atom is -0.462 e. The van der Waals surface area contributed by atoms with Gasteiger partial charge in [0.2, 0.25) is 10.8 Å². The summed E-state index contributed by atoms with van der Waals surface area (Å²) in [5, 5.41) is 39.6. The molecule has 0 aliphatic carbocycles. The molecule has 0 aromatic carbocycles. The molecule has 1 atom stereocenters. The first-order chi connectivity index (χ1) is 13.4. The van der Waals surface area contributed by atoms with Crippen LogP contribution >= 0.6 is 0 Å². The Morgan fingerprint density at radius 2 is 1.57 bits per heavy atom. The maximum absolute atomic E-state index is 12.8. The van der Waals surface area contributed by atoms with Crippen molar-refractivity contribution in [2.45, 2.75) is 19.9 Å². The van der Waals surface area contributed by atoms with Crippen molar-refractivity contribution in [3.8, 4) is 24.3 Å². The molecule has 1 unspecified atom stereocenters. The van der Waals surface area contributed by atoms with Crippen LogP contribution in [0.5, 0.6) is 0 Å². The van der Waals surface area contributed by atoms with Crippen LogP contribution in [0, 0.1) is 56.2 Å². The van der Waals surface area contributed by atoms with Crippen LogP contribution < -0.4 is 0 Å². The Morgan fingerprint density at radius 3 is 2.07 bits per heavy atom. The fourth-order valence-electron chi connectivity index (χ4n) is 3.29. The van der Waals surface area contributed by atoms with Crippen molar-refractivity contribution < 1.29 is 19.1 Å². The van der Waals surface area contributed by atoms with Crippen LogP contribution in [0.25, 0.3) is 0 Å². The van der Waals surface area contributed by atoms with Gasteiger partial charge in [0.1, 0.15) is 11.3 Å². The lowest BCUT2D eigenvalue weighted by Gasteiger charge is -2.47. The Kier molecular flexibility index (Phi) is 5.53. The SMILES string of the molecule is CCOC(=O)C1=C(C(=O)OCC)C(C#N)(C#N)C(C#N)(C#N)C2C=CC=CN12. The monoisotopic (exact) mass is 377 g/mol. The standard InChI is InChI=1S/C19H15N5O4/c1-3-27-16(25)14-15(17(26)28-4-2)24-8-6-5-7-13(24)18(9-20,10-21)19(14,11-22)12-23/h5-8,13H,3-4H2,1-2H3. The molecule has 2 heterocycles. The number of hydrogen-bond donors (Lipinski definition) is 0. The molecule has 0 amide bonds. The second kappa shape index (κ2) is 7.66. The van der Waals surface area contributed by atoms with Gasteiger partial charge in [-0.2, -0.15) is 21.0 Å². The van der Waals surface area contributed by atoms with Gasteiger partial charge < -0.3 is 14.4 Å². The van der Waals surface area contributed by atoms with Crippen LogP contribution in [0.2, 0.25) is 0 Å². The van der Waals surface area contributed by atoms with E-state index in [1.807, 2.05) is 0 Å². The Balaban J connectivity index is 3.05. The lowest BCUT2D eigenvalue weighted by atomic mass is 9.55. The molecule has 28 heavy (non-hydrogen) atoms. The Labute approximate surface area is 161 Å². The van der Waals surface area contributed by atoms with E-state index < -0.39 is 40.1 Å². The van der Waals surface area contributed by atoms with E-state index in [4.69, 9.17) is 9.47 Å². The molecule has 0 bridgehead atoms. The summed E-state index contributed by atoms with van der Waals surface area (Å²) in [6.45, 7) is 2.90. The maximum Gasteiger partial charge on any atom is 0.355 e. The van der Waals surface area contributed by atoms with Crippen LogP contribution in [-0.4, -0.2) is 36.1 Å². The van der Waals surface area contributed by atoms with Crippen LogP contribution in [0.4, 0.5) is 0 Å². The molecule has 0 N–H and O–H groups in total.